The third-order valence-electron chi connectivity index (χ3n) is 2.30. The fourth-order valence-corrected chi connectivity index (χ4v) is 2.44. The van der Waals surface area contributed by atoms with Gasteiger partial charge >= 0.3 is 0 Å². The Bertz CT molecular complexity index is 522. The summed E-state index contributed by atoms with van der Waals surface area (Å²) in [5, 5.41) is 4.33. The molecular weight excluding hydrogens is 289 g/mol. The van der Waals surface area contributed by atoms with Gasteiger partial charge < -0.3 is 0 Å². The highest BCUT2D eigenvalue weighted by molar-refractivity contribution is 9.10. The van der Waals surface area contributed by atoms with Crippen LogP contribution in [0.2, 0.25) is 0 Å². The number of hydrogen-bond donors (Lipinski definition) is 0. The van der Waals surface area contributed by atoms with Gasteiger partial charge in [0.2, 0.25) is 0 Å². The number of aromatic nitrogens is 3. The van der Waals surface area contributed by atoms with Crippen LogP contribution < -0.4 is 0 Å². The summed E-state index contributed by atoms with van der Waals surface area (Å²) >= 11 is 9.29. The molecule has 0 aliphatic heterocycles. The maximum Gasteiger partial charge on any atom is 0.148 e. The first-order chi connectivity index (χ1) is 7.61. The monoisotopic (exact) mass is 299 g/mol. The second-order valence-corrected chi connectivity index (χ2v) is 4.65. The lowest BCUT2D eigenvalue weighted by atomic mass is 10.2. The van der Waals surface area contributed by atoms with E-state index >= 15 is 0 Å². The van der Waals surface area contributed by atoms with Crippen LogP contribution in [0.1, 0.15) is 17.2 Å². The van der Waals surface area contributed by atoms with E-state index in [0.717, 1.165) is 27.4 Å². The predicted octanol–water partition coefficient (Wildman–Crippen LogP) is 3.39. The molecular formula is C11H11BrClN3. The molecule has 0 N–H and O–H groups in total. The number of aryl methyl sites for hydroxylation is 2. The SMILES string of the molecule is Cc1nc(C)n(-c2ccc(CCl)c(Br)c2)n1. The zero-order valence-electron chi connectivity index (χ0n) is 9.04. The van der Waals surface area contributed by atoms with Crippen LogP contribution in [0, 0.1) is 13.8 Å². The van der Waals surface area contributed by atoms with Crippen molar-refractivity contribution in [3.05, 3.63) is 39.9 Å². The summed E-state index contributed by atoms with van der Waals surface area (Å²) < 4.78 is 2.81. The van der Waals surface area contributed by atoms with Crippen molar-refractivity contribution in [2.75, 3.05) is 0 Å². The van der Waals surface area contributed by atoms with Crippen molar-refractivity contribution in [1.29, 1.82) is 0 Å². The molecule has 2 aromatic rings. The van der Waals surface area contributed by atoms with Crippen LogP contribution in [-0.2, 0) is 5.88 Å². The highest BCUT2D eigenvalue weighted by Gasteiger charge is 2.07. The van der Waals surface area contributed by atoms with Gasteiger partial charge in [0.25, 0.3) is 0 Å². The number of benzene rings is 1. The molecule has 2 rings (SSSR count). The average molecular weight is 301 g/mol. The zero-order chi connectivity index (χ0) is 11.7. The summed E-state index contributed by atoms with van der Waals surface area (Å²) in [6.45, 7) is 3.81. The lowest BCUT2D eigenvalue weighted by Crippen LogP contribution is -1.99. The molecule has 0 spiro atoms. The standard InChI is InChI=1S/C11H11BrClN3/c1-7-14-8(2)16(15-7)10-4-3-9(6-13)11(12)5-10/h3-5H,6H2,1-2H3. The second kappa shape index (κ2) is 4.55. The minimum atomic E-state index is 0.496. The molecule has 0 saturated heterocycles. The summed E-state index contributed by atoms with van der Waals surface area (Å²) in [5.74, 6) is 2.15. The molecule has 0 aliphatic rings. The maximum absolute atomic E-state index is 5.80. The first-order valence-electron chi connectivity index (χ1n) is 4.87. The van der Waals surface area contributed by atoms with Crippen molar-refractivity contribution in [3.8, 4) is 5.69 Å². The Morgan fingerprint density at radius 1 is 1.38 bits per heavy atom. The van der Waals surface area contributed by atoms with E-state index in [1.165, 1.54) is 0 Å². The number of nitrogens with zero attached hydrogens (tertiary/aromatic N) is 3. The van der Waals surface area contributed by atoms with Gasteiger partial charge in [0, 0.05) is 10.4 Å². The fraction of sp³-hybridized carbons (Fsp3) is 0.273. The zero-order valence-corrected chi connectivity index (χ0v) is 11.4. The summed E-state index contributed by atoms with van der Waals surface area (Å²) in [6.07, 6.45) is 0. The van der Waals surface area contributed by atoms with Crippen molar-refractivity contribution in [3.63, 3.8) is 0 Å². The molecule has 0 unspecified atom stereocenters. The summed E-state index contributed by atoms with van der Waals surface area (Å²) in [4.78, 5) is 4.27. The lowest BCUT2D eigenvalue weighted by molar-refractivity contribution is 0.830. The van der Waals surface area contributed by atoms with E-state index in [2.05, 4.69) is 26.0 Å². The molecule has 1 aromatic carbocycles. The third-order valence-corrected chi connectivity index (χ3v) is 3.33. The minimum absolute atomic E-state index is 0.496. The number of rotatable bonds is 2. The van der Waals surface area contributed by atoms with Crippen LogP contribution in [0.3, 0.4) is 0 Å². The van der Waals surface area contributed by atoms with Crippen LogP contribution in [-0.4, -0.2) is 14.8 Å². The molecule has 5 heteroatoms. The smallest absolute Gasteiger partial charge is 0.148 e. The molecule has 84 valence electrons. The quantitative estimate of drug-likeness (QED) is 0.796. The van der Waals surface area contributed by atoms with Gasteiger partial charge in [-0.2, -0.15) is 5.10 Å². The number of halogens is 2. The van der Waals surface area contributed by atoms with Gasteiger partial charge in [0.15, 0.2) is 0 Å². The first kappa shape index (κ1) is 11.6. The maximum atomic E-state index is 5.80. The Balaban J connectivity index is 2.49. The van der Waals surface area contributed by atoms with Crippen LogP contribution in [0.5, 0.6) is 0 Å². The van der Waals surface area contributed by atoms with Gasteiger partial charge in [-0.05, 0) is 31.5 Å². The molecule has 0 aliphatic carbocycles. The molecule has 0 saturated carbocycles. The Morgan fingerprint density at radius 3 is 2.62 bits per heavy atom. The summed E-state index contributed by atoms with van der Waals surface area (Å²) in [5.41, 5.74) is 2.05. The van der Waals surface area contributed by atoms with Gasteiger partial charge in [-0.25, -0.2) is 9.67 Å². The van der Waals surface area contributed by atoms with Crippen LogP contribution >= 0.6 is 27.5 Å². The Morgan fingerprint density at radius 2 is 2.12 bits per heavy atom. The molecule has 0 radical (unpaired) electrons. The molecule has 0 fully saturated rings. The molecule has 1 aromatic heterocycles. The summed E-state index contributed by atoms with van der Waals surface area (Å²) in [6, 6.07) is 5.98. The normalized spacial score (nSPS) is 10.8. The van der Waals surface area contributed by atoms with Crippen molar-refractivity contribution >= 4 is 27.5 Å². The first-order valence-corrected chi connectivity index (χ1v) is 6.19. The summed E-state index contributed by atoms with van der Waals surface area (Å²) in [7, 11) is 0. The molecule has 0 bridgehead atoms. The minimum Gasteiger partial charge on any atom is -0.218 e. The number of alkyl halides is 1. The van der Waals surface area contributed by atoms with E-state index in [-0.39, 0.29) is 0 Å². The van der Waals surface area contributed by atoms with Crippen LogP contribution in [0.4, 0.5) is 0 Å². The van der Waals surface area contributed by atoms with Gasteiger partial charge in [0.1, 0.15) is 11.6 Å². The largest absolute Gasteiger partial charge is 0.218 e. The van der Waals surface area contributed by atoms with Crippen molar-refractivity contribution < 1.29 is 0 Å². The van der Waals surface area contributed by atoms with Crippen molar-refractivity contribution in [2.45, 2.75) is 19.7 Å². The van der Waals surface area contributed by atoms with E-state index in [4.69, 9.17) is 11.6 Å². The van der Waals surface area contributed by atoms with Crippen LogP contribution in [0.15, 0.2) is 22.7 Å². The van der Waals surface area contributed by atoms with Gasteiger partial charge in [-0.15, -0.1) is 11.6 Å². The molecule has 0 atom stereocenters. The van der Waals surface area contributed by atoms with Gasteiger partial charge in [-0.3, -0.25) is 0 Å². The van der Waals surface area contributed by atoms with Gasteiger partial charge in [0.05, 0.1) is 5.69 Å². The Kier molecular flexibility index (Phi) is 3.30. The topological polar surface area (TPSA) is 30.7 Å². The molecule has 1 heterocycles. The van der Waals surface area contributed by atoms with E-state index in [1.807, 2.05) is 36.7 Å². The molecule has 0 amide bonds. The lowest BCUT2D eigenvalue weighted by Gasteiger charge is -2.06. The van der Waals surface area contributed by atoms with Gasteiger partial charge in [-0.1, -0.05) is 22.0 Å². The molecule has 16 heavy (non-hydrogen) atoms. The Labute approximate surface area is 108 Å². The van der Waals surface area contributed by atoms with E-state index in [9.17, 15) is 0 Å². The van der Waals surface area contributed by atoms with Crippen molar-refractivity contribution in [1.82, 2.24) is 14.8 Å². The van der Waals surface area contributed by atoms with Crippen molar-refractivity contribution in [2.24, 2.45) is 0 Å². The van der Waals surface area contributed by atoms with Crippen LogP contribution in [0.25, 0.3) is 5.69 Å². The fourth-order valence-electron chi connectivity index (χ4n) is 1.54. The predicted molar refractivity (Wildman–Crippen MR) is 68.1 cm³/mol. The molecule has 3 nitrogen and oxygen atoms in total. The van der Waals surface area contributed by atoms with E-state index < -0.39 is 0 Å². The average Bonchev–Trinajstić information content (AvgIpc) is 2.58. The third kappa shape index (κ3) is 2.13. The number of hydrogen-bond acceptors (Lipinski definition) is 2. The second-order valence-electron chi connectivity index (χ2n) is 3.53. The highest BCUT2D eigenvalue weighted by atomic mass is 79.9. The van der Waals surface area contributed by atoms with E-state index in [1.54, 1.807) is 0 Å². The Hall–Kier alpha value is -0.870. The highest BCUT2D eigenvalue weighted by Crippen LogP contribution is 2.22. The van der Waals surface area contributed by atoms with E-state index in [0.29, 0.717) is 5.88 Å².